The van der Waals surface area contributed by atoms with Gasteiger partial charge in [0, 0.05) is 17.7 Å². The van der Waals surface area contributed by atoms with Crippen LogP contribution in [0, 0.1) is 11.7 Å². The zero-order chi connectivity index (χ0) is 16.1. The Bertz CT molecular complexity index is 663. The summed E-state index contributed by atoms with van der Waals surface area (Å²) < 4.78 is 18.6. The van der Waals surface area contributed by atoms with Gasteiger partial charge in [-0.15, -0.1) is 0 Å². The van der Waals surface area contributed by atoms with E-state index in [1.54, 1.807) is 12.1 Å². The van der Waals surface area contributed by atoms with Crippen LogP contribution in [-0.2, 0) is 11.4 Å². The molecule has 3 rings (SSSR count). The molecule has 1 amide bonds. The van der Waals surface area contributed by atoms with Crippen molar-refractivity contribution in [3.05, 3.63) is 59.9 Å². The van der Waals surface area contributed by atoms with Crippen molar-refractivity contribution < 1.29 is 13.9 Å². The van der Waals surface area contributed by atoms with Crippen molar-refractivity contribution in [2.24, 2.45) is 5.92 Å². The third-order valence-corrected chi connectivity index (χ3v) is 4.15. The van der Waals surface area contributed by atoms with E-state index in [4.69, 9.17) is 4.74 Å². The van der Waals surface area contributed by atoms with E-state index in [1.165, 1.54) is 12.1 Å². The molecule has 1 N–H and O–H groups in total. The van der Waals surface area contributed by atoms with Crippen LogP contribution in [-0.4, -0.2) is 5.91 Å². The maximum Gasteiger partial charge on any atom is 0.227 e. The third kappa shape index (κ3) is 4.31. The van der Waals surface area contributed by atoms with Gasteiger partial charge in [0.1, 0.15) is 18.2 Å². The van der Waals surface area contributed by atoms with Crippen molar-refractivity contribution in [2.45, 2.75) is 32.3 Å². The maximum atomic E-state index is 12.9. The van der Waals surface area contributed by atoms with Gasteiger partial charge in [0.2, 0.25) is 5.91 Å². The van der Waals surface area contributed by atoms with Crippen molar-refractivity contribution in [1.82, 2.24) is 0 Å². The number of halogens is 1. The Hall–Kier alpha value is -2.36. The molecule has 2 aromatic carbocycles. The number of nitrogens with one attached hydrogen (secondary N) is 1. The summed E-state index contributed by atoms with van der Waals surface area (Å²) in [6.45, 7) is 0.361. The Morgan fingerprint density at radius 1 is 1.13 bits per heavy atom. The fourth-order valence-corrected chi connectivity index (χ4v) is 2.84. The summed E-state index contributed by atoms with van der Waals surface area (Å²) in [7, 11) is 0. The van der Waals surface area contributed by atoms with Gasteiger partial charge in [-0.3, -0.25) is 4.79 Å². The minimum absolute atomic E-state index is 0.0955. The SMILES string of the molecule is O=C(Nc1cccc(OCc2ccc(F)cc2)c1)C1CCCC1. The number of hydrogen-bond donors (Lipinski definition) is 1. The predicted octanol–water partition coefficient (Wildman–Crippen LogP) is 4.53. The van der Waals surface area contributed by atoms with Gasteiger partial charge in [0.25, 0.3) is 0 Å². The van der Waals surface area contributed by atoms with Gasteiger partial charge in [-0.05, 0) is 42.7 Å². The highest BCUT2D eigenvalue weighted by molar-refractivity contribution is 5.92. The van der Waals surface area contributed by atoms with E-state index in [-0.39, 0.29) is 17.6 Å². The fraction of sp³-hybridized carbons (Fsp3) is 0.316. The molecule has 2 aromatic rings. The van der Waals surface area contributed by atoms with Gasteiger partial charge >= 0.3 is 0 Å². The summed E-state index contributed by atoms with van der Waals surface area (Å²) in [5.41, 5.74) is 1.64. The van der Waals surface area contributed by atoms with Gasteiger partial charge < -0.3 is 10.1 Å². The monoisotopic (exact) mass is 313 g/mol. The van der Waals surface area contributed by atoms with Crippen LogP contribution in [0.3, 0.4) is 0 Å². The van der Waals surface area contributed by atoms with Crippen molar-refractivity contribution in [3.63, 3.8) is 0 Å². The molecule has 0 spiro atoms. The highest BCUT2D eigenvalue weighted by atomic mass is 19.1. The molecule has 1 aliphatic carbocycles. The second-order valence-corrected chi connectivity index (χ2v) is 5.91. The molecule has 120 valence electrons. The zero-order valence-electron chi connectivity index (χ0n) is 12.9. The van der Waals surface area contributed by atoms with E-state index < -0.39 is 0 Å². The van der Waals surface area contributed by atoms with Crippen LogP contribution in [0.5, 0.6) is 5.75 Å². The Balaban J connectivity index is 1.58. The van der Waals surface area contributed by atoms with Crippen LogP contribution < -0.4 is 10.1 Å². The summed E-state index contributed by atoms with van der Waals surface area (Å²) in [6.07, 6.45) is 4.23. The molecule has 1 fully saturated rings. The van der Waals surface area contributed by atoms with E-state index in [1.807, 2.05) is 24.3 Å². The average molecular weight is 313 g/mol. The molecular formula is C19H20FNO2. The van der Waals surface area contributed by atoms with Crippen LogP contribution in [0.15, 0.2) is 48.5 Å². The number of carbonyl (C=O) groups is 1. The summed E-state index contributed by atoms with van der Waals surface area (Å²) in [6, 6.07) is 13.6. The number of ether oxygens (including phenoxy) is 1. The standard InChI is InChI=1S/C19H20FNO2/c20-16-10-8-14(9-11-16)13-23-18-7-3-6-17(12-18)21-19(22)15-4-1-2-5-15/h3,6-12,15H,1-2,4-5,13H2,(H,21,22). The first kappa shape index (κ1) is 15.5. The van der Waals surface area contributed by atoms with E-state index in [0.717, 1.165) is 36.9 Å². The van der Waals surface area contributed by atoms with Crippen molar-refractivity contribution in [3.8, 4) is 5.75 Å². The Morgan fingerprint density at radius 3 is 2.61 bits per heavy atom. The Labute approximate surface area is 135 Å². The largest absolute Gasteiger partial charge is 0.489 e. The highest BCUT2D eigenvalue weighted by Crippen LogP contribution is 2.26. The minimum Gasteiger partial charge on any atom is -0.489 e. The molecule has 0 atom stereocenters. The van der Waals surface area contributed by atoms with Crippen molar-refractivity contribution in [1.29, 1.82) is 0 Å². The van der Waals surface area contributed by atoms with Gasteiger partial charge in [-0.25, -0.2) is 4.39 Å². The normalized spacial score (nSPS) is 14.7. The first-order valence-corrected chi connectivity index (χ1v) is 7.99. The van der Waals surface area contributed by atoms with Crippen LogP contribution >= 0.6 is 0 Å². The summed E-state index contributed by atoms with van der Waals surface area (Å²) in [5, 5.41) is 2.96. The third-order valence-electron chi connectivity index (χ3n) is 4.15. The van der Waals surface area contributed by atoms with E-state index >= 15 is 0 Å². The van der Waals surface area contributed by atoms with E-state index in [0.29, 0.717) is 12.4 Å². The first-order chi connectivity index (χ1) is 11.2. The van der Waals surface area contributed by atoms with Gasteiger partial charge in [-0.1, -0.05) is 31.0 Å². The maximum absolute atomic E-state index is 12.9. The summed E-state index contributed by atoms with van der Waals surface area (Å²) in [5.74, 6) is 0.654. The summed E-state index contributed by atoms with van der Waals surface area (Å²) in [4.78, 5) is 12.1. The predicted molar refractivity (Wildman–Crippen MR) is 87.8 cm³/mol. The number of hydrogen-bond acceptors (Lipinski definition) is 2. The molecule has 0 saturated heterocycles. The number of amides is 1. The molecule has 23 heavy (non-hydrogen) atoms. The number of benzene rings is 2. The lowest BCUT2D eigenvalue weighted by Crippen LogP contribution is -2.20. The van der Waals surface area contributed by atoms with Gasteiger partial charge in [-0.2, -0.15) is 0 Å². The number of rotatable bonds is 5. The lowest BCUT2D eigenvalue weighted by Gasteiger charge is -2.12. The molecule has 0 aliphatic heterocycles. The lowest BCUT2D eigenvalue weighted by atomic mass is 10.1. The van der Waals surface area contributed by atoms with E-state index in [2.05, 4.69) is 5.32 Å². The van der Waals surface area contributed by atoms with Gasteiger partial charge in [0.05, 0.1) is 0 Å². The average Bonchev–Trinajstić information content (AvgIpc) is 3.09. The molecular weight excluding hydrogens is 293 g/mol. The number of anilines is 1. The quantitative estimate of drug-likeness (QED) is 0.880. The first-order valence-electron chi connectivity index (χ1n) is 7.99. The fourth-order valence-electron chi connectivity index (χ4n) is 2.84. The van der Waals surface area contributed by atoms with Crippen molar-refractivity contribution in [2.75, 3.05) is 5.32 Å². The number of carbonyl (C=O) groups excluding carboxylic acids is 1. The second-order valence-electron chi connectivity index (χ2n) is 5.91. The molecule has 0 aromatic heterocycles. The molecule has 0 bridgehead atoms. The lowest BCUT2D eigenvalue weighted by molar-refractivity contribution is -0.119. The summed E-state index contributed by atoms with van der Waals surface area (Å²) >= 11 is 0. The molecule has 1 aliphatic rings. The Morgan fingerprint density at radius 2 is 1.87 bits per heavy atom. The molecule has 0 radical (unpaired) electrons. The van der Waals surface area contributed by atoms with Crippen molar-refractivity contribution >= 4 is 11.6 Å². The second kappa shape index (κ2) is 7.27. The molecule has 4 heteroatoms. The molecule has 1 saturated carbocycles. The highest BCUT2D eigenvalue weighted by Gasteiger charge is 2.22. The van der Waals surface area contributed by atoms with Crippen LogP contribution in [0.2, 0.25) is 0 Å². The molecule has 0 heterocycles. The smallest absolute Gasteiger partial charge is 0.227 e. The zero-order valence-corrected chi connectivity index (χ0v) is 12.9. The van der Waals surface area contributed by atoms with Crippen LogP contribution in [0.1, 0.15) is 31.2 Å². The minimum atomic E-state index is -0.259. The molecule has 3 nitrogen and oxygen atoms in total. The topological polar surface area (TPSA) is 38.3 Å². The van der Waals surface area contributed by atoms with Crippen LogP contribution in [0.25, 0.3) is 0 Å². The van der Waals surface area contributed by atoms with Gasteiger partial charge in [0.15, 0.2) is 0 Å². The molecule has 0 unspecified atom stereocenters. The van der Waals surface area contributed by atoms with Crippen LogP contribution in [0.4, 0.5) is 10.1 Å². The van der Waals surface area contributed by atoms with E-state index in [9.17, 15) is 9.18 Å². The Kier molecular flexibility index (Phi) is 4.91.